The molecule has 1 atom stereocenters. The van der Waals surface area contributed by atoms with Crippen molar-refractivity contribution in [3.8, 4) is 0 Å². The van der Waals surface area contributed by atoms with Gasteiger partial charge in [0.15, 0.2) is 0 Å². The van der Waals surface area contributed by atoms with E-state index in [0.717, 1.165) is 0 Å². The lowest BCUT2D eigenvalue weighted by Crippen LogP contribution is -2.38. The largest absolute Gasteiger partial charge is 0.481 e. The standard InChI is InChI=1S/C15H19NO4/c1-10(2)9-20-15(19)16-8-7-12(14(17)18)11-5-3-4-6-13(11)16/h3-6,10,12H,7-9H2,1-2H3,(H,17,18). The molecule has 1 aliphatic heterocycles. The molecule has 5 nitrogen and oxygen atoms in total. The molecule has 0 fully saturated rings. The summed E-state index contributed by atoms with van der Waals surface area (Å²) in [6.07, 6.45) is -0.00154. The average molecular weight is 277 g/mol. The summed E-state index contributed by atoms with van der Waals surface area (Å²) in [5, 5.41) is 9.25. The van der Waals surface area contributed by atoms with Crippen molar-refractivity contribution in [2.45, 2.75) is 26.2 Å². The molecule has 1 N–H and O–H groups in total. The third kappa shape index (κ3) is 2.92. The topological polar surface area (TPSA) is 66.8 Å². The first-order valence-electron chi connectivity index (χ1n) is 6.76. The van der Waals surface area contributed by atoms with Crippen LogP contribution in [0.2, 0.25) is 0 Å². The van der Waals surface area contributed by atoms with E-state index in [1.165, 1.54) is 4.90 Å². The van der Waals surface area contributed by atoms with Gasteiger partial charge in [0.05, 0.1) is 18.2 Å². The Balaban J connectivity index is 2.23. The molecule has 1 heterocycles. The van der Waals surface area contributed by atoms with Gasteiger partial charge in [0, 0.05) is 6.54 Å². The summed E-state index contributed by atoms with van der Waals surface area (Å²) in [6, 6.07) is 7.11. The minimum absolute atomic E-state index is 0.269. The number of carboxylic acid groups (broad SMARTS) is 1. The lowest BCUT2D eigenvalue weighted by molar-refractivity contribution is -0.139. The molecule has 1 amide bonds. The predicted octanol–water partition coefficient (Wildman–Crippen LogP) is 2.86. The summed E-state index contributed by atoms with van der Waals surface area (Å²) >= 11 is 0. The second-order valence-electron chi connectivity index (χ2n) is 5.36. The minimum Gasteiger partial charge on any atom is -0.481 e. The number of carboxylic acids is 1. The molecule has 2 rings (SSSR count). The van der Waals surface area contributed by atoms with Crippen LogP contribution in [0.1, 0.15) is 31.7 Å². The Morgan fingerprint density at radius 2 is 2.10 bits per heavy atom. The van der Waals surface area contributed by atoms with Gasteiger partial charge in [-0.1, -0.05) is 32.0 Å². The zero-order valence-electron chi connectivity index (χ0n) is 11.7. The average Bonchev–Trinajstić information content (AvgIpc) is 2.43. The van der Waals surface area contributed by atoms with Gasteiger partial charge >= 0.3 is 12.1 Å². The number of carbonyl (C=O) groups is 2. The fourth-order valence-electron chi connectivity index (χ4n) is 2.32. The van der Waals surface area contributed by atoms with Crippen LogP contribution in [0.15, 0.2) is 24.3 Å². The molecule has 1 aromatic carbocycles. The molecule has 0 aromatic heterocycles. The number of hydrogen-bond acceptors (Lipinski definition) is 3. The highest BCUT2D eigenvalue weighted by Crippen LogP contribution is 2.35. The molecule has 0 bridgehead atoms. The van der Waals surface area contributed by atoms with Crippen LogP contribution in [0.3, 0.4) is 0 Å². The van der Waals surface area contributed by atoms with Gasteiger partial charge in [-0.2, -0.15) is 0 Å². The number of amides is 1. The fraction of sp³-hybridized carbons (Fsp3) is 0.467. The molecule has 0 spiro atoms. The Kier molecular flexibility index (Phi) is 4.27. The van der Waals surface area contributed by atoms with Gasteiger partial charge in [-0.25, -0.2) is 4.79 Å². The van der Waals surface area contributed by atoms with E-state index >= 15 is 0 Å². The number of aliphatic carboxylic acids is 1. The maximum absolute atomic E-state index is 12.1. The Labute approximate surface area is 118 Å². The van der Waals surface area contributed by atoms with Crippen molar-refractivity contribution in [3.63, 3.8) is 0 Å². The van der Waals surface area contributed by atoms with E-state index in [2.05, 4.69) is 0 Å². The molecule has 108 valence electrons. The summed E-state index contributed by atoms with van der Waals surface area (Å²) < 4.78 is 5.24. The lowest BCUT2D eigenvalue weighted by Gasteiger charge is -2.32. The predicted molar refractivity (Wildman–Crippen MR) is 75.0 cm³/mol. The van der Waals surface area contributed by atoms with Gasteiger partial charge in [0.25, 0.3) is 0 Å². The van der Waals surface area contributed by atoms with Crippen LogP contribution in [-0.4, -0.2) is 30.3 Å². The number of anilines is 1. The molecular weight excluding hydrogens is 258 g/mol. The van der Waals surface area contributed by atoms with Crippen molar-refractivity contribution < 1.29 is 19.4 Å². The van der Waals surface area contributed by atoms with Crippen molar-refractivity contribution in [3.05, 3.63) is 29.8 Å². The lowest BCUT2D eigenvalue weighted by atomic mass is 9.90. The van der Waals surface area contributed by atoms with Crippen molar-refractivity contribution in [2.75, 3.05) is 18.1 Å². The van der Waals surface area contributed by atoms with Crippen LogP contribution in [0.25, 0.3) is 0 Å². The SMILES string of the molecule is CC(C)COC(=O)N1CCC(C(=O)O)c2ccccc21. The monoisotopic (exact) mass is 277 g/mol. The van der Waals surface area contributed by atoms with E-state index in [9.17, 15) is 14.7 Å². The van der Waals surface area contributed by atoms with E-state index in [1.54, 1.807) is 24.3 Å². The Morgan fingerprint density at radius 1 is 1.40 bits per heavy atom. The highest BCUT2D eigenvalue weighted by molar-refractivity contribution is 5.92. The molecule has 1 aromatic rings. The molecule has 5 heteroatoms. The van der Waals surface area contributed by atoms with Crippen molar-refractivity contribution in [2.24, 2.45) is 5.92 Å². The fourth-order valence-corrected chi connectivity index (χ4v) is 2.32. The number of ether oxygens (including phenoxy) is 1. The quantitative estimate of drug-likeness (QED) is 0.922. The van der Waals surface area contributed by atoms with Crippen LogP contribution in [0.4, 0.5) is 10.5 Å². The van der Waals surface area contributed by atoms with Crippen LogP contribution >= 0.6 is 0 Å². The molecule has 0 saturated heterocycles. The number of benzene rings is 1. The Morgan fingerprint density at radius 3 is 2.75 bits per heavy atom. The van der Waals surface area contributed by atoms with Crippen molar-refractivity contribution in [1.82, 2.24) is 0 Å². The Bertz CT molecular complexity index is 512. The second kappa shape index (κ2) is 5.94. The van der Waals surface area contributed by atoms with E-state index in [-0.39, 0.29) is 5.92 Å². The summed E-state index contributed by atoms with van der Waals surface area (Å²) in [6.45, 7) is 4.67. The molecule has 1 aliphatic rings. The first kappa shape index (κ1) is 14.4. The minimum atomic E-state index is -0.854. The highest BCUT2D eigenvalue weighted by atomic mass is 16.6. The molecule has 0 radical (unpaired) electrons. The molecular formula is C15H19NO4. The molecule has 0 aliphatic carbocycles. The first-order valence-corrected chi connectivity index (χ1v) is 6.76. The highest BCUT2D eigenvalue weighted by Gasteiger charge is 2.32. The smallest absolute Gasteiger partial charge is 0.414 e. The summed E-state index contributed by atoms with van der Waals surface area (Å²) in [5.74, 6) is -1.14. The number of hydrogen-bond donors (Lipinski definition) is 1. The summed E-state index contributed by atoms with van der Waals surface area (Å²) in [4.78, 5) is 24.9. The molecule has 0 saturated carbocycles. The van der Waals surface area contributed by atoms with E-state index in [4.69, 9.17) is 4.74 Å². The van der Waals surface area contributed by atoms with Crippen molar-refractivity contribution >= 4 is 17.7 Å². The number of nitrogens with zero attached hydrogens (tertiary/aromatic N) is 1. The van der Waals surface area contributed by atoms with E-state index < -0.39 is 18.0 Å². The van der Waals surface area contributed by atoms with Gasteiger partial charge in [0.2, 0.25) is 0 Å². The van der Waals surface area contributed by atoms with Crippen LogP contribution in [0, 0.1) is 5.92 Å². The maximum atomic E-state index is 12.1. The van der Waals surface area contributed by atoms with Gasteiger partial charge in [0.1, 0.15) is 0 Å². The van der Waals surface area contributed by atoms with Crippen molar-refractivity contribution in [1.29, 1.82) is 0 Å². The number of carbonyl (C=O) groups excluding carboxylic acids is 1. The third-order valence-corrected chi connectivity index (χ3v) is 3.30. The third-order valence-electron chi connectivity index (χ3n) is 3.30. The van der Waals surface area contributed by atoms with Gasteiger partial charge < -0.3 is 9.84 Å². The second-order valence-corrected chi connectivity index (χ2v) is 5.36. The maximum Gasteiger partial charge on any atom is 0.414 e. The normalized spacial score (nSPS) is 17.8. The van der Waals surface area contributed by atoms with Gasteiger partial charge in [-0.3, -0.25) is 9.69 Å². The number of fused-ring (bicyclic) bond motifs is 1. The first-order chi connectivity index (χ1) is 9.50. The zero-order valence-corrected chi connectivity index (χ0v) is 11.7. The van der Waals surface area contributed by atoms with Crippen LogP contribution in [0.5, 0.6) is 0 Å². The van der Waals surface area contributed by atoms with Gasteiger partial charge in [-0.05, 0) is 24.0 Å². The Hall–Kier alpha value is -2.04. The van der Waals surface area contributed by atoms with Gasteiger partial charge in [-0.15, -0.1) is 0 Å². The number of rotatable bonds is 3. The van der Waals surface area contributed by atoms with Crippen LogP contribution in [-0.2, 0) is 9.53 Å². The summed E-state index contributed by atoms with van der Waals surface area (Å²) in [7, 11) is 0. The molecule has 1 unspecified atom stereocenters. The van der Waals surface area contributed by atoms with Crippen LogP contribution < -0.4 is 4.90 Å². The van der Waals surface area contributed by atoms with E-state index in [0.29, 0.717) is 30.8 Å². The molecule has 20 heavy (non-hydrogen) atoms. The van der Waals surface area contributed by atoms with E-state index in [1.807, 2.05) is 13.8 Å². The zero-order chi connectivity index (χ0) is 14.7. The summed E-state index contributed by atoms with van der Waals surface area (Å²) in [5.41, 5.74) is 1.31. The number of para-hydroxylation sites is 1.